The Morgan fingerprint density at radius 2 is 2.31 bits per heavy atom. The quantitative estimate of drug-likeness (QED) is 0.535. The van der Waals surface area contributed by atoms with Crippen molar-refractivity contribution in [3.63, 3.8) is 0 Å². The zero-order valence-corrected chi connectivity index (χ0v) is 7.90. The van der Waals surface area contributed by atoms with Crippen molar-refractivity contribution in [1.82, 2.24) is 0 Å². The van der Waals surface area contributed by atoms with Crippen LogP contribution < -0.4 is 5.73 Å². The van der Waals surface area contributed by atoms with Crippen molar-refractivity contribution < 1.29 is 10.2 Å². The molecule has 0 aromatic heterocycles. The fourth-order valence-corrected chi connectivity index (χ4v) is 1.62. The van der Waals surface area contributed by atoms with Crippen LogP contribution in [0.3, 0.4) is 0 Å². The van der Waals surface area contributed by atoms with Crippen LogP contribution in [0.15, 0.2) is 23.8 Å². The number of aliphatic hydroxyl groups is 2. The molecule has 74 valence electrons. The standard InChI is InChI=1S/C10H17NO2/c1-6-3-4-8(7(2)5-11)10(13)9(6)12/h3,8-10,12-13H,2,4-5,11H2,1H3. The second-order valence-corrected chi connectivity index (χ2v) is 3.59. The number of hydrogen-bond acceptors (Lipinski definition) is 3. The maximum atomic E-state index is 9.70. The number of nitrogens with two attached hydrogens (primary N) is 1. The Hall–Kier alpha value is -0.640. The van der Waals surface area contributed by atoms with Gasteiger partial charge in [0, 0.05) is 12.5 Å². The molecule has 0 aromatic rings. The second-order valence-electron chi connectivity index (χ2n) is 3.59. The van der Waals surface area contributed by atoms with Gasteiger partial charge in [0.15, 0.2) is 0 Å². The zero-order chi connectivity index (χ0) is 10.0. The number of aliphatic hydroxyl groups excluding tert-OH is 2. The zero-order valence-electron chi connectivity index (χ0n) is 7.90. The van der Waals surface area contributed by atoms with E-state index in [1.807, 2.05) is 13.0 Å². The van der Waals surface area contributed by atoms with E-state index in [-0.39, 0.29) is 5.92 Å². The summed E-state index contributed by atoms with van der Waals surface area (Å²) in [5.41, 5.74) is 7.06. The van der Waals surface area contributed by atoms with Gasteiger partial charge in [-0.1, -0.05) is 18.2 Å². The minimum Gasteiger partial charge on any atom is -0.389 e. The van der Waals surface area contributed by atoms with E-state index in [9.17, 15) is 10.2 Å². The minimum absolute atomic E-state index is 0.0938. The molecule has 0 aliphatic heterocycles. The molecule has 1 aliphatic rings. The Morgan fingerprint density at radius 1 is 1.69 bits per heavy atom. The van der Waals surface area contributed by atoms with Crippen LogP contribution in [0.25, 0.3) is 0 Å². The Labute approximate surface area is 78.6 Å². The van der Waals surface area contributed by atoms with E-state index in [0.717, 1.165) is 17.6 Å². The molecule has 3 nitrogen and oxygen atoms in total. The predicted octanol–water partition coefficient (Wildman–Crippen LogP) is 0.189. The van der Waals surface area contributed by atoms with Gasteiger partial charge in [-0.05, 0) is 18.9 Å². The lowest BCUT2D eigenvalue weighted by molar-refractivity contribution is 0.00588. The summed E-state index contributed by atoms with van der Waals surface area (Å²) >= 11 is 0. The van der Waals surface area contributed by atoms with Gasteiger partial charge in [0.1, 0.15) is 6.10 Å². The summed E-state index contributed by atoms with van der Waals surface area (Å²) in [6.45, 7) is 5.96. The summed E-state index contributed by atoms with van der Waals surface area (Å²) in [6.07, 6.45) is 1.14. The maximum absolute atomic E-state index is 9.70. The lowest BCUT2D eigenvalue weighted by atomic mass is 9.81. The molecule has 3 heteroatoms. The molecule has 1 aliphatic carbocycles. The van der Waals surface area contributed by atoms with Crippen LogP contribution >= 0.6 is 0 Å². The largest absolute Gasteiger partial charge is 0.389 e. The van der Waals surface area contributed by atoms with E-state index >= 15 is 0 Å². The van der Waals surface area contributed by atoms with E-state index in [1.165, 1.54) is 0 Å². The van der Waals surface area contributed by atoms with Gasteiger partial charge in [-0.25, -0.2) is 0 Å². The fraction of sp³-hybridized carbons (Fsp3) is 0.600. The van der Waals surface area contributed by atoms with Crippen LogP contribution in [-0.2, 0) is 0 Å². The summed E-state index contributed by atoms with van der Waals surface area (Å²) < 4.78 is 0. The van der Waals surface area contributed by atoms with Crippen molar-refractivity contribution in [3.8, 4) is 0 Å². The van der Waals surface area contributed by atoms with Crippen molar-refractivity contribution in [1.29, 1.82) is 0 Å². The van der Waals surface area contributed by atoms with Crippen molar-refractivity contribution in [2.75, 3.05) is 6.54 Å². The third-order valence-electron chi connectivity index (χ3n) is 2.68. The molecule has 3 atom stereocenters. The van der Waals surface area contributed by atoms with Gasteiger partial charge < -0.3 is 15.9 Å². The van der Waals surface area contributed by atoms with Gasteiger partial charge in [-0.3, -0.25) is 0 Å². The monoisotopic (exact) mass is 183 g/mol. The van der Waals surface area contributed by atoms with Gasteiger partial charge in [-0.15, -0.1) is 0 Å². The molecule has 0 saturated heterocycles. The third-order valence-corrected chi connectivity index (χ3v) is 2.68. The second kappa shape index (κ2) is 4.05. The molecule has 0 bridgehead atoms. The normalized spacial score (nSPS) is 34.2. The molecule has 0 heterocycles. The van der Waals surface area contributed by atoms with E-state index in [1.54, 1.807) is 0 Å². The Bertz CT molecular complexity index is 235. The van der Waals surface area contributed by atoms with Crippen LogP contribution in [0.1, 0.15) is 13.3 Å². The van der Waals surface area contributed by atoms with Crippen molar-refractivity contribution in [2.45, 2.75) is 25.6 Å². The van der Waals surface area contributed by atoms with Crippen molar-refractivity contribution in [2.24, 2.45) is 11.7 Å². The summed E-state index contributed by atoms with van der Waals surface area (Å²) in [6, 6.07) is 0. The molecule has 0 fully saturated rings. The number of allylic oxidation sites excluding steroid dienone is 1. The van der Waals surface area contributed by atoms with Crippen LogP contribution in [0.4, 0.5) is 0 Å². The first-order valence-corrected chi connectivity index (χ1v) is 4.48. The summed E-state index contributed by atoms with van der Waals surface area (Å²) in [7, 11) is 0. The molecule has 4 N–H and O–H groups in total. The average Bonchev–Trinajstić information content (AvgIpc) is 2.13. The highest BCUT2D eigenvalue weighted by Gasteiger charge is 2.31. The molecular formula is C10H17NO2. The first-order chi connectivity index (χ1) is 6.07. The lowest BCUT2D eigenvalue weighted by Crippen LogP contribution is -2.39. The van der Waals surface area contributed by atoms with Gasteiger partial charge in [-0.2, -0.15) is 0 Å². The number of rotatable bonds is 2. The van der Waals surface area contributed by atoms with Crippen LogP contribution in [-0.4, -0.2) is 29.0 Å². The summed E-state index contributed by atoms with van der Waals surface area (Å²) in [4.78, 5) is 0. The van der Waals surface area contributed by atoms with E-state index in [0.29, 0.717) is 6.54 Å². The first-order valence-electron chi connectivity index (χ1n) is 4.48. The lowest BCUT2D eigenvalue weighted by Gasteiger charge is -2.31. The molecule has 0 aromatic carbocycles. The molecule has 1 rings (SSSR count). The van der Waals surface area contributed by atoms with E-state index in [2.05, 4.69) is 6.58 Å². The molecule has 0 spiro atoms. The first kappa shape index (κ1) is 10.4. The van der Waals surface area contributed by atoms with Gasteiger partial charge in [0.2, 0.25) is 0 Å². The van der Waals surface area contributed by atoms with E-state index in [4.69, 9.17) is 5.73 Å². The smallest absolute Gasteiger partial charge is 0.101 e. The SMILES string of the molecule is C=C(CN)C1CC=C(C)C(O)C1O. The summed E-state index contributed by atoms with van der Waals surface area (Å²) in [5.74, 6) is -0.0938. The molecule has 0 radical (unpaired) electrons. The van der Waals surface area contributed by atoms with Crippen molar-refractivity contribution in [3.05, 3.63) is 23.8 Å². The number of hydrogen-bond donors (Lipinski definition) is 3. The Balaban J connectivity index is 2.76. The minimum atomic E-state index is -0.762. The highest BCUT2D eigenvalue weighted by atomic mass is 16.3. The molecular weight excluding hydrogens is 166 g/mol. The van der Waals surface area contributed by atoms with E-state index < -0.39 is 12.2 Å². The molecule has 0 saturated carbocycles. The Kier molecular flexibility index (Phi) is 3.25. The van der Waals surface area contributed by atoms with Gasteiger partial charge in [0.05, 0.1) is 6.10 Å². The molecule has 0 amide bonds. The average molecular weight is 183 g/mol. The summed E-state index contributed by atoms with van der Waals surface area (Å²) in [5, 5.41) is 19.3. The Morgan fingerprint density at radius 3 is 2.85 bits per heavy atom. The van der Waals surface area contributed by atoms with Crippen LogP contribution in [0, 0.1) is 5.92 Å². The van der Waals surface area contributed by atoms with Crippen LogP contribution in [0.2, 0.25) is 0 Å². The topological polar surface area (TPSA) is 66.5 Å². The predicted molar refractivity (Wildman–Crippen MR) is 52.1 cm³/mol. The third kappa shape index (κ3) is 1.99. The van der Waals surface area contributed by atoms with Gasteiger partial charge in [0.25, 0.3) is 0 Å². The fourth-order valence-electron chi connectivity index (χ4n) is 1.62. The molecule has 3 unspecified atom stereocenters. The van der Waals surface area contributed by atoms with Crippen molar-refractivity contribution >= 4 is 0 Å². The highest BCUT2D eigenvalue weighted by molar-refractivity contribution is 5.19. The highest BCUT2D eigenvalue weighted by Crippen LogP contribution is 2.28. The van der Waals surface area contributed by atoms with Crippen LogP contribution in [0.5, 0.6) is 0 Å². The molecule has 13 heavy (non-hydrogen) atoms. The maximum Gasteiger partial charge on any atom is 0.101 e. The van der Waals surface area contributed by atoms with Gasteiger partial charge >= 0.3 is 0 Å².